The zero-order valence-electron chi connectivity index (χ0n) is 17.4. The molecule has 7 heteroatoms. The van der Waals surface area contributed by atoms with Crippen molar-refractivity contribution in [1.82, 2.24) is 19.5 Å². The van der Waals surface area contributed by atoms with E-state index in [1.165, 1.54) is 37.6 Å². The number of aromatic nitrogens is 4. The molecule has 0 saturated heterocycles. The molecule has 4 nitrogen and oxygen atoms in total. The molecule has 6 rings (SSSR count). The summed E-state index contributed by atoms with van der Waals surface area (Å²) >= 11 is 9.43. The van der Waals surface area contributed by atoms with Crippen molar-refractivity contribution < 1.29 is 0 Å². The number of para-hydroxylation sites is 2. The fraction of sp³-hybridized carbons (Fsp3) is 0.240. The van der Waals surface area contributed by atoms with Crippen molar-refractivity contribution in [3.05, 3.63) is 65.3 Å². The first-order valence-corrected chi connectivity index (χ1v) is 13.0. The van der Waals surface area contributed by atoms with Gasteiger partial charge in [0.2, 0.25) is 0 Å². The van der Waals surface area contributed by atoms with Crippen molar-refractivity contribution in [2.75, 3.05) is 0 Å². The molecular weight excluding hydrogens is 456 g/mol. The Balaban J connectivity index is 1.49. The summed E-state index contributed by atoms with van der Waals surface area (Å²) in [7, 11) is 0. The van der Waals surface area contributed by atoms with Gasteiger partial charge in [-0.15, -0.1) is 11.3 Å². The van der Waals surface area contributed by atoms with Crippen molar-refractivity contribution in [3.63, 3.8) is 0 Å². The van der Waals surface area contributed by atoms with Crippen molar-refractivity contribution in [3.8, 4) is 11.1 Å². The minimum Gasteiger partial charge on any atom is -0.315 e. The van der Waals surface area contributed by atoms with Crippen LogP contribution >= 0.6 is 34.7 Å². The molecule has 0 aliphatic heterocycles. The maximum Gasteiger partial charge on any atom is 0.175 e. The van der Waals surface area contributed by atoms with Gasteiger partial charge in [-0.25, -0.2) is 15.0 Å². The highest BCUT2D eigenvalue weighted by atomic mass is 35.5. The Labute approximate surface area is 199 Å². The first-order chi connectivity index (χ1) is 15.8. The Morgan fingerprint density at radius 2 is 1.78 bits per heavy atom. The minimum absolute atomic E-state index is 0.495. The van der Waals surface area contributed by atoms with Gasteiger partial charge in [0.15, 0.2) is 5.16 Å². The third-order valence-electron chi connectivity index (χ3n) is 6.18. The summed E-state index contributed by atoms with van der Waals surface area (Å²) in [5.41, 5.74) is 4.53. The van der Waals surface area contributed by atoms with Gasteiger partial charge < -0.3 is 4.57 Å². The van der Waals surface area contributed by atoms with Crippen molar-refractivity contribution >= 4 is 55.9 Å². The Bertz CT molecular complexity index is 1400. The summed E-state index contributed by atoms with van der Waals surface area (Å²) in [6.07, 6.45) is 7.98. The molecule has 1 aliphatic carbocycles. The van der Waals surface area contributed by atoms with Crippen LogP contribution in [0.2, 0.25) is 5.02 Å². The van der Waals surface area contributed by atoms with Crippen molar-refractivity contribution in [2.45, 2.75) is 48.3 Å². The van der Waals surface area contributed by atoms with Gasteiger partial charge in [0.25, 0.3) is 0 Å². The van der Waals surface area contributed by atoms with Gasteiger partial charge in [-0.05, 0) is 54.4 Å². The van der Waals surface area contributed by atoms with E-state index in [2.05, 4.69) is 51.3 Å². The average Bonchev–Trinajstić information content (AvgIpc) is 3.42. The lowest BCUT2D eigenvalue weighted by Gasteiger charge is -2.25. The molecule has 1 aliphatic rings. The van der Waals surface area contributed by atoms with E-state index in [-0.39, 0.29) is 0 Å². The number of rotatable bonds is 4. The van der Waals surface area contributed by atoms with E-state index in [1.54, 1.807) is 29.4 Å². The third kappa shape index (κ3) is 3.60. The van der Waals surface area contributed by atoms with E-state index in [0.717, 1.165) is 42.1 Å². The topological polar surface area (TPSA) is 43.6 Å². The lowest BCUT2D eigenvalue weighted by Crippen LogP contribution is -2.13. The number of nitrogens with zero attached hydrogens (tertiary/aromatic N) is 4. The summed E-state index contributed by atoms with van der Waals surface area (Å²) in [6, 6.07) is 16.9. The number of benzene rings is 2. The lowest BCUT2D eigenvalue weighted by atomic mass is 9.95. The smallest absolute Gasteiger partial charge is 0.175 e. The average molecular weight is 477 g/mol. The fourth-order valence-corrected chi connectivity index (χ4v) is 6.82. The first kappa shape index (κ1) is 20.2. The van der Waals surface area contributed by atoms with Crippen LogP contribution in [0.15, 0.2) is 70.4 Å². The van der Waals surface area contributed by atoms with Crippen LogP contribution in [-0.4, -0.2) is 19.5 Å². The zero-order chi connectivity index (χ0) is 21.5. The molecule has 3 heterocycles. The van der Waals surface area contributed by atoms with E-state index in [1.807, 2.05) is 12.1 Å². The number of halogens is 1. The molecule has 0 amide bonds. The summed E-state index contributed by atoms with van der Waals surface area (Å²) in [6.45, 7) is 0. The van der Waals surface area contributed by atoms with Crippen LogP contribution in [-0.2, 0) is 0 Å². The molecule has 3 aromatic heterocycles. The van der Waals surface area contributed by atoms with Gasteiger partial charge in [-0.2, -0.15) is 0 Å². The second-order valence-corrected chi connectivity index (χ2v) is 10.4. The Hall–Kier alpha value is -2.41. The first-order valence-electron chi connectivity index (χ1n) is 10.9. The number of thiophene rings is 1. The van der Waals surface area contributed by atoms with E-state index in [9.17, 15) is 0 Å². The van der Waals surface area contributed by atoms with E-state index in [0.29, 0.717) is 6.04 Å². The van der Waals surface area contributed by atoms with Gasteiger partial charge in [0, 0.05) is 22.0 Å². The van der Waals surface area contributed by atoms with Gasteiger partial charge in [0.05, 0.1) is 16.4 Å². The Kier molecular flexibility index (Phi) is 5.37. The van der Waals surface area contributed by atoms with Crippen LogP contribution in [0.25, 0.3) is 32.4 Å². The van der Waals surface area contributed by atoms with E-state index in [4.69, 9.17) is 21.6 Å². The summed E-state index contributed by atoms with van der Waals surface area (Å²) in [4.78, 5) is 15.3. The quantitative estimate of drug-likeness (QED) is 0.246. The van der Waals surface area contributed by atoms with E-state index >= 15 is 0 Å². The maximum atomic E-state index is 6.12. The minimum atomic E-state index is 0.495. The van der Waals surface area contributed by atoms with Crippen molar-refractivity contribution in [2.24, 2.45) is 0 Å². The Morgan fingerprint density at radius 3 is 2.62 bits per heavy atom. The molecule has 0 bridgehead atoms. The largest absolute Gasteiger partial charge is 0.315 e. The number of imidazole rings is 1. The molecule has 2 aromatic carbocycles. The highest BCUT2D eigenvalue weighted by molar-refractivity contribution is 7.99. The van der Waals surface area contributed by atoms with Crippen LogP contribution in [0.4, 0.5) is 0 Å². The van der Waals surface area contributed by atoms with Crippen molar-refractivity contribution in [1.29, 1.82) is 0 Å². The highest BCUT2D eigenvalue weighted by Gasteiger charge is 2.23. The van der Waals surface area contributed by atoms with Gasteiger partial charge in [-0.1, -0.05) is 55.1 Å². The predicted molar refractivity (Wildman–Crippen MR) is 134 cm³/mol. The molecule has 0 spiro atoms. The van der Waals surface area contributed by atoms with Crippen LogP contribution in [0, 0.1) is 0 Å². The fourth-order valence-electron chi connectivity index (χ4n) is 4.64. The molecule has 1 saturated carbocycles. The molecule has 5 aromatic rings. The summed E-state index contributed by atoms with van der Waals surface area (Å²) in [5.74, 6) is 0. The normalized spacial score (nSPS) is 15.0. The molecular formula is C25H21ClN4S2. The van der Waals surface area contributed by atoms with E-state index < -0.39 is 0 Å². The number of hydrogen-bond donors (Lipinski definition) is 0. The molecule has 1 fully saturated rings. The summed E-state index contributed by atoms with van der Waals surface area (Å²) in [5, 5.41) is 5.96. The maximum absolute atomic E-state index is 6.12. The predicted octanol–water partition coefficient (Wildman–Crippen LogP) is 8.02. The third-order valence-corrected chi connectivity index (χ3v) is 8.29. The van der Waals surface area contributed by atoms with Gasteiger partial charge in [0.1, 0.15) is 16.2 Å². The van der Waals surface area contributed by atoms with Crippen LogP contribution in [0.3, 0.4) is 0 Å². The molecule has 0 radical (unpaired) electrons. The van der Waals surface area contributed by atoms with Crippen LogP contribution < -0.4 is 0 Å². The number of fused-ring (bicyclic) bond motifs is 2. The second-order valence-electron chi connectivity index (χ2n) is 8.16. The van der Waals surface area contributed by atoms with Crippen LogP contribution in [0.5, 0.6) is 0 Å². The zero-order valence-corrected chi connectivity index (χ0v) is 19.8. The standard InChI is InChI=1S/C25H21ClN4S2/c26-17-12-10-16(11-13-17)19-14-31-23-22(19)24(28-15-27-23)32-25-29-20-8-4-5-9-21(20)30(25)18-6-2-1-3-7-18/h4-5,8-15,18H,1-3,6-7H2. The molecule has 32 heavy (non-hydrogen) atoms. The SMILES string of the molecule is Clc1ccc(-c2csc3ncnc(Sc4nc5ccccc5n4C4CCCCC4)c23)cc1. The Morgan fingerprint density at radius 1 is 0.969 bits per heavy atom. The van der Waals surface area contributed by atoms with Crippen LogP contribution in [0.1, 0.15) is 38.1 Å². The molecule has 0 N–H and O–H groups in total. The molecule has 0 unspecified atom stereocenters. The second kappa shape index (κ2) is 8.50. The summed E-state index contributed by atoms with van der Waals surface area (Å²) < 4.78 is 2.46. The molecule has 160 valence electrons. The van der Waals surface area contributed by atoms with Gasteiger partial charge in [-0.3, -0.25) is 0 Å². The monoisotopic (exact) mass is 476 g/mol. The lowest BCUT2D eigenvalue weighted by molar-refractivity contribution is 0.343. The highest BCUT2D eigenvalue weighted by Crippen LogP contribution is 2.42. The number of hydrogen-bond acceptors (Lipinski definition) is 5. The van der Waals surface area contributed by atoms with Gasteiger partial charge >= 0.3 is 0 Å². The molecule has 0 atom stereocenters.